The van der Waals surface area contributed by atoms with E-state index in [9.17, 15) is 0 Å². The molecule has 0 radical (unpaired) electrons. The largest absolute Gasteiger partial charge is 0.372 e. The number of hydrogen-bond acceptors (Lipinski definition) is 3. The van der Waals surface area contributed by atoms with Crippen LogP contribution in [0.5, 0.6) is 0 Å². The van der Waals surface area contributed by atoms with E-state index in [0.717, 1.165) is 37.9 Å². The molecule has 2 saturated heterocycles. The first-order chi connectivity index (χ1) is 9.69. The molecular weight excluding hydrogens is 297 g/mol. The summed E-state index contributed by atoms with van der Waals surface area (Å²) < 4.78 is 12.0. The lowest BCUT2D eigenvalue weighted by Crippen LogP contribution is -2.41. The van der Waals surface area contributed by atoms with E-state index < -0.39 is 0 Å². The van der Waals surface area contributed by atoms with Gasteiger partial charge in [0.1, 0.15) is 0 Å². The van der Waals surface area contributed by atoms with Crippen LogP contribution in [0.4, 0.5) is 0 Å². The summed E-state index contributed by atoms with van der Waals surface area (Å²) in [5.41, 5.74) is 0.971. The van der Waals surface area contributed by atoms with Gasteiger partial charge in [-0.05, 0) is 37.6 Å². The first kappa shape index (κ1) is 14.6. The van der Waals surface area contributed by atoms with Gasteiger partial charge in [0, 0.05) is 6.42 Å². The average Bonchev–Trinajstić information content (AvgIpc) is 2.84. The molecule has 0 saturated carbocycles. The molecule has 2 heterocycles. The number of benzene rings is 1. The van der Waals surface area contributed by atoms with E-state index in [1.54, 1.807) is 6.07 Å². The highest BCUT2D eigenvalue weighted by molar-refractivity contribution is 6.42. The highest BCUT2D eigenvalue weighted by Crippen LogP contribution is 2.36. The minimum Gasteiger partial charge on any atom is -0.372 e. The molecule has 110 valence electrons. The molecule has 3 rings (SSSR count). The van der Waals surface area contributed by atoms with Gasteiger partial charge in [0.05, 0.1) is 35.0 Å². The van der Waals surface area contributed by atoms with E-state index in [4.69, 9.17) is 32.7 Å². The molecule has 3 nitrogen and oxygen atoms in total. The van der Waals surface area contributed by atoms with Crippen LogP contribution in [0, 0.1) is 0 Å². The van der Waals surface area contributed by atoms with Crippen molar-refractivity contribution in [3.8, 4) is 0 Å². The molecule has 1 atom stereocenters. The maximum atomic E-state index is 6.17. The molecule has 0 aliphatic carbocycles. The molecule has 5 heteroatoms. The summed E-state index contributed by atoms with van der Waals surface area (Å²) in [6.45, 7) is 3.24. The van der Waals surface area contributed by atoms with Gasteiger partial charge in [-0.1, -0.05) is 35.3 Å². The number of halogens is 2. The lowest BCUT2D eigenvalue weighted by molar-refractivity contribution is -0.0240. The van der Waals surface area contributed by atoms with Gasteiger partial charge in [-0.3, -0.25) is 0 Å². The Morgan fingerprint density at radius 3 is 2.90 bits per heavy atom. The summed E-state index contributed by atoms with van der Waals surface area (Å²) in [4.78, 5) is 0. The molecule has 2 aliphatic rings. The summed E-state index contributed by atoms with van der Waals surface area (Å²) in [5, 5.41) is 4.53. The zero-order valence-corrected chi connectivity index (χ0v) is 12.8. The van der Waals surface area contributed by atoms with Crippen molar-refractivity contribution in [2.24, 2.45) is 0 Å². The maximum absolute atomic E-state index is 6.17. The highest BCUT2D eigenvalue weighted by Gasteiger charge is 2.41. The van der Waals surface area contributed by atoms with Crippen LogP contribution in [0.3, 0.4) is 0 Å². The monoisotopic (exact) mass is 315 g/mol. The fourth-order valence-corrected chi connectivity index (χ4v) is 3.38. The third-order valence-electron chi connectivity index (χ3n) is 4.20. The van der Waals surface area contributed by atoms with E-state index in [2.05, 4.69) is 5.32 Å². The summed E-state index contributed by atoms with van der Waals surface area (Å²) in [6, 6.07) is 5.63. The van der Waals surface area contributed by atoms with Gasteiger partial charge in [-0.25, -0.2) is 0 Å². The van der Waals surface area contributed by atoms with Gasteiger partial charge in [0.15, 0.2) is 0 Å². The predicted molar refractivity (Wildman–Crippen MR) is 80.4 cm³/mol. The van der Waals surface area contributed by atoms with E-state index >= 15 is 0 Å². The average molecular weight is 316 g/mol. The summed E-state index contributed by atoms with van der Waals surface area (Å²) in [5.74, 6) is 0. The number of nitrogens with one attached hydrogen (secondary N) is 1. The van der Waals surface area contributed by atoms with E-state index in [0.29, 0.717) is 23.3 Å². The van der Waals surface area contributed by atoms with E-state index in [1.165, 1.54) is 0 Å². The van der Waals surface area contributed by atoms with Gasteiger partial charge in [0.25, 0.3) is 0 Å². The van der Waals surface area contributed by atoms with Gasteiger partial charge in [-0.15, -0.1) is 0 Å². The lowest BCUT2D eigenvalue weighted by atomic mass is 9.89. The Balaban J connectivity index is 1.56. The smallest absolute Gasteiger partial charge is 0.0840 e. The molecule has 0 amide bonds. The fraction of sp³-hybridized carbons (Fsp3) is 0.600. The molecule has 1 aromatic rings. The Morgan fingerprint density at radius 2 is 2.10 bits per heavy atom. The van der Waals surface area contributed by atoms with Crippen LogP contribution in [0.25, 0.3) is 0 Å². The van der Waals surface area contributed by atoms with Gasteiger partial charge in [-0.2, -0.15) is 0 Å². The quantitative estimate of drug-likeness (QED) is 0.927. The normalized spacial score (nSPS) is 25.2. The topological polar surface area (TPSA) is 30.5 Å². The predicted octanol–water partition coefficient (Wildman–Crippen LogP) is 3.42. The zero-order chi connectivity index (χ0) is 14.0. The molecule has 2 fully saturated rings. The Hall–Kier alpha value is -0.320. The minimum atomic E-state index is 0.0358. The Bertz CT molecular complexity index is 475. The number of rotatable bonds is 3. The number of ether oxygens (including phenoxy) is 2. The summed E-state index contributed by atoms with van der Waals surface area (Å²) in [6.07, 6.45) is 3.28. The zero-order valence-electron chi connectivity index (χ0n) is 11.3. The minimum absolute atomic E-state index is 0.0358. The molecular formula is C15H19Cl2NO2. The van der Waals surface area contributed by atoms with Crippen molar-refractivity contribution in [2.75, 3.05) is 19.7 Å². The second-order valence-corrected chi connectivity index (χ2v) is 6.38. The maximum Gasteiger partial charge on any atom is 0.0840 e. The van der Waals surface area contributed by atoms with Crippen molar-refractivity contribution in [3.05, 3.63) is 33.8 Å². The number of hydrogen-bond donors (Lipinski definition) is 1. The van der Waals surface area contributed by atoms with Gasteiger partial charge in [0.2, 0.25) is 0 Å². The molecule has 0 aromatic heterocycles. The summed E-state index contributed by atoms with van der Waals surface area (Å²) in [7, 11) is 0. The van der Waals surface area contributed by atoms with E-state index in [1.807, 2.05) is 12.1 Å². The Labute approximate surface area is 129 Å². The van der Waals surface area contributed by atoms with Crippen LogP contribution in [-0.2, 0) is 16.1 Å². The Kier molecular flexibility index (Phi) is 4.53. The molecule has 1 N–H and O–H groups in total. The third kappa shape index (κ3) is 3.12. The second kappa shape index (κ2) is 6.20. The molecule has 1 aromatic carbocycles. The molecule has 2 aliphatic heterocycles. The standard InChI is InChI=1S/C15H19Cl2NO2/c16-13-3-1-2-11(14(13)17)9-19-12-8-15(20-10-12)4-6-18-7-5-15/h1-3,12,18H,4-10H2. The van der Waals surface area contributed by atoms with Crippen LogP contribution in [0.1, 0.15) is 24.8 Å². The van der Waals surface area contributed by atoms with Crippen molar-refractivity contribution in [1.29, 1.82) is 0 Å². The SMILES string of the molecule is Clc1cccc(COC2COC3(CCNCC3)C2)c1Cl. The first-order valence-corrected chi connectivity index (χ1v) is 7.83. The van der Waals surface area contributed by atoms with Crippen molar-refractivity contribution < 1.29 is 9.47 Å². The molecule has 20 heavy (non-hydrogen) atoms. The van der Waals surface area contributed by atoms with E-state index in [-0.39, 0.29) is 11.7 Å². The Morgan fingerprint density at radius 1 is 1.30 bits per heavy atom. The lowest BCUT2D eigenvalue weighted by Gasteiger charge is -2.32. The van der Waals surface area contributed by atoms with Crippen molar-refractivity contribution >= 4 is 23.2 Å². The summed E-state index contributed by atoms with van der Waals surface area (Å²) >= 11 is 12.2. The molecule has 1 spiro atoms. The van der Waals surface area contributed by atoms with Crippen LogP contribution >= 0.6 is 23.2 Å². The van der Waals surface area contributed by atoms with Crippen LogP contribution < -0.4 is 5.32 Å². The highest BCUT2D eigenvalue weighted by atomic mass is 35.5. The van der Waals surface area contributed by atoms with Crippen LogP contribution in [-0.4, -0.2) is 31.4 Å². The van der Waals surface area contributed by atoms with Crippen molar-refractivity contribution in [1.82, 2.24) is 5.32 Å². The fourth-order valence-electron chi connectivity index (χ4n) is 3.01. The van der Waals surface area contributed by atoms with Crippen LogP contribution in [0.15, 0.2) is 18.2 Å². The first-order valence-electron chi connectivity index (χ1n) is 7.08. The molecule has 0 bridgehead atoms. The van der Waals surface area contributed by atoms with Crippen LogP contribution in [0.2, 0.25) is 10.0 Å². The van der Waals surface area contributed by atoms with Gasteiger partial charge < -0.3 is 14.8 Å². The second-order valence-electron chi connectivity index (χ2n) is 5.59. The van der Waals surface area contributed by atoms with Crippen molar-refractivity contribution in [3.63, 3.8) is 0 Å². The van der Waals surface area contributed by atoms with Gasteiger partial charge >= 0.3 is 0 Å². The third-order valence-corrected chi connectivity index (χ3v) is 5.05. The number of piperidine rings is 1. The molecule has 1 unspecified atom stereocenters. The van der Waals surface area contributed by atoms with Crippen molar-refractivity contribution in [2.45, 2.75) is 37.6 Å².